The van der Waals surface area contributed by atoms with Crippen LogP contribution in [0.3, 0.4) is 0 Å². The molecule has 0 atom stereocenters. The van der Waals surface area contributed by atoms with Gasteiger partial charge in [-0.25, -0.2) is 4.98 Å². The van der Waals surface area contributed by atoms with Gasteiger partial charge in [0.25, 0.3) is 0 Å². The van der Waals surface area contributed by atoms with Crippen molar-refractivity contribution in [3.63, 3.8) is 0 Å². The zero-order valence-electron chi connectivity index (χ0n) is 22.9. The summed E-state index contributed by atoms with van der Waals surface area (Å²) in [7, 11) is 0. The lowest BCUT2D eigenvalue weighted by atomic mass is 10.1. The molecule has 1 aromatic heterocycles. The summed E-state index contributed by atoms with van der Waals surface area (Å²) in [6.45, 7) is 6.87. The summed E-state index contributed by atoms with van der Waals surface area (Å²) in [6, 6.07) is 22.2. The van der Waals surface area contributed by atoms with Gasteiger partial charge in [0, 0.05) is 38.7 Å². The molecule has 4 aromatic rings. The first-order valence-corrected chi connectivity index (χ1v) is 13.7. The van der Waals surface area contributed by atoms with Gasteiger partial charge in [-0.1, -0.05) is 55.8 Å². The van der Waals surface area contributed by atoms with Crippen LogP contribution >= 0.6 is 0 Å². The molecule has 0 aliphatic carbocycles. The molecule has 2 aliphatic heterocycles. The number of ketones is 1. The van der Waals surface area contributed by atoms with Crippen molar-refractivity contribution in [2.24, 2.45) is 0 Å². The van der Waals surface area contributed by atoms with Crippen LogP contribution in [0.25, 0.3) is 11.4 Å². The lowest BCUT2D eigenvalue weighted by Gasteiger charge is -2.24. The molecule has 0 radical (unpaired) electrons. The molecule has 0 fully saturated rings. The molecule has 0 amide bonds. The van der Waals surface area contributed by atoms with Gasteiger partial charge in [0.2, 0.25) is 13.6 Å². The van der Waals surface area contributed by atoms with E-state index in [2.05, 4.69) is 40.7 Å². The normalized spacial score (nSPS) is 13.3. The Morgan fingerprint density at radius 3 is 2.00 bits per heavy atom. The molecular formula is C32H33N3O5. The second-order valence-electron chi connectivity index (χ2n) is 10.2. The Labute approximate surface area is 234 Å². The summed E-state index contributed by atoms with van der Waals surface area (Å²) >= 11 is 0. The predicted octanol–water partition coefficient (Wildman–Crippen LogP) is 6.21. The summed E-state index contributed by atoms with van der Waals surface area (Å²) in [6.07, 6.45) is 2.03. The minimum atomic E-state index is -0.0338. The van der Waals surface area contributed by atoms with E-state index < -0.39 is 0 Å². The van der Waals surface area contributed by atoms with Gasteiger partial charge in [-0.15, -0.1) is 0 Å². The molecule has 0 N–H and O–H groups in total. The van der Waals surface area contributed by atoms with Crippen molar-refractivity contribution in [3.05, 3.63) is 89.2 Å². The fourth-order valence-corrected chi connectivity index (χ4v) is 5.27. The number of Topliss-reactive ketones (excluding diaryl/α,β-unsaturated/α-hetero) is 1. The van der Waals surface area contributed by atoms with Crippen molar-refractivity contribution >= 4 is 5.78 Å². The summed E-state index contributed by atoms with van der Waals surface area (Å²) in [5.41, 5.74) is 4.65. The van der Waals surface area contributed by atoms with Crippen LogP contribution in [-0.4, -0.2) is 33.8 Å². The number of aromatic nitrogens is 2. The number of benzene rings is 3. The van der Waals surface area contributed by atoms with Crippen molar-refractivity contribution < 1.29 is 23.7 Å². The molecule has 3 aromatic carbocycles. The molecule has 0 saturated carbocycles. The van der Waals surface area contributed by atoms with Crippen molar-refractivity contribution in [2.75, 3.05) is 13.6 Å². The third kappa shape index (κ3) is 5.40. The van der Waals surface area contributed by atoms with Crippen LogP contribution in [0.4, 0.5) is 0 Å². The number of fused-ring (bicyclic) bond motifs is 2. The van der Waals surface area contributed by atoms with Crippen LogP contribution in [0.2, 0.25) is 0 Å². The number of nitrogens with zero attached hydrogens (tertiary/aromatic N) is 3. The van der Waals surface area contributed by atoms with Crippen molar-refractivity contribution in [1.82, 2.24) is 14.5 Å². The van der Waals surface area contributed by atoms with E-state index in [9.17, 15) is 4.79 Å². The van der Waals surface area contributed by atoms with Crippen LogP contribution in [0.5, 0.6) is 23.0 Å². The lowest BCUT2D eigenvalue weighted by Crippen LogP contribution is -2.25. The Hall–Kier alpha value is -4.30. The quantitative estimate of drug-likeness (QED) is 0.210. The summed E-state index contributed by atoms with van der Waals surface area (Å²) < 4.78 is 24.6. The van der Waals surface area contributed by atoms with E-state index in [0.717, 1.165) is 70.6 Å². The maximum absolute atomic E-state index is 12.9. The minimum Gasteiger partial charge on any atom is -0.454 e. The van der Waals surface area contributed by atoms with E-state index in [1.165, 1.54) is 0 Å². The SMILES string of the molecule is CCCCn1c(-c2ccccc2)nc(C(C)=O)c1CN(Cc1ccc2c(c1)OCO2)Cc1ccc2c(c1)OCO2. The number of carbonyl (C=O) groups is 1. The monoisotopic (exact) mass is 539 g/mol. The standard InChI is InChI=1S/C32H33N3O5/c1-3-4-14-35-26(31(22(2)36)33-32(35)25-8-6-5-7-9-25)19-34(17-23-10-12-27-29(15-23)39-20-37-27)18-24-11-13-28-30(16-24)40-21-38-28/h5-13,15-16H,3-4,14,17-21H2,1-2H3. The third-order valence-corrected chi connectivity index (χ3v) is 7.23. The van der Waals surface area contributed by atoms with Crippen LogP contribution in [0, 0.1) is 0 Å². The van der Waals surface area contributed by atoms with Gasteiger partial charge < -0.3 is 23.5 Å². The van der Waals surface area contributed by atoms with E-state index >= 15 is 0 Å². The van der Waals surface area contributed by atoms with Gasteiger partial charge in [-0.05, 0) is 41.8 Å². The highest BCUT2D eigenvalue weighted by Gasteiger charge is 2.24. The largest absolute Gasteiger partial charge is 0.454 e. The van der Waals surface area contributed by atoms with Gasteiger partial charge >= 0.3 is 0 Å². The number of unbranched alkanes of at least 4 members (excludes halogenated alkanes) is 1. The number of hydrogen-bond donors (Lipinski definition) is 0. The summed E-state index contributed by atoms with van der Waals surface area (Å²) in [5, 5.41) is 0. The van der Waals surface area contributed by atoms with Crippen LogP contribution in [0.1, 0.15) is 54.0 Å². The molecule has 0 unspecified atom stereocenters. The predicted molar refractivity (Wildman–Crippen MR) is 151 cm³/mol. The number of ether oxygens (including phenoxy) is 4. The van der Waals surface area contributed by atoms with Gasteiger partial charge in [0.05, 0.1) is 5.69 Å². The number of imidazole rings is 1. The zero-order valence-corrected chi connectivity index (χ0v) is 22.9. The van der Waals surface area contributed by atoms with E-state index in [1.54, 1.807) is 6.92 Å². The van der Waals surface area contributed by atoms with Crippen LogP contribution in [0.15, 0.2) is 66.7 Å². The van der Waals surface area contributed by atoms with E-state index in [0.29, 0.717) is 25.3 Å². The molecule has 0 saturated heterocycles. The Balaban J connectivity index is 1.38. The molecule has 0 spiro atoms. The second kappa shape index (κ2) is 11.4. The van der Waals surface area contributed by atoms with Gasteiger partial charge in [-0.2, -0.15) is 0 Å². The fourth-order valence-electron chi connectivity index (χ4n) is 5.27. The van der Waals surface area contributed by atoms with Crippen LogP contribution in [-0.2, 0) is 26.2 Å². The highest BCUT2D eigenvalue weighted by atomic mass is 16.7. The smallest absolute Gasteiger partial charge is 0.231 e. The third-order valence-electron chi connectivity index (χ3n) is 7.23. The molecule has 8 heteroatoms. The molecular weight excluding hydrogens is 506 g/mol. The van der Waals surface area contributed by atoms with Crippen LogP contribution < -0.4 is 18.9 Å². The first-order chi connectivity index (χ1) is 19.6. The Morgan fingerprint density at radius 1 is 0.825 bits per heavy atom. The van der Waals surface area contributed by atoms with E-state index in [-0.39, 0.29) is 19.4 Å². The molecule has 3 heterocycles. The average Bonchev–Trinajstić information content (AvgIpc) is 3.70. The topological polar surface area (TPSA) is 75.1 Å². The maximum Gasteiger partial charge on any atom is 0.231 e. The molecule has 206 valence electrons. The van der Waals surface area contributed by atoms with Crippen molar-refractivity contribution in [2.45, 2.75) is 52.9 Å². The molecule has 8 nitrogen and oxygen atoms in total. The highest BCUT2D eigenvalue weighted by Crippen LogP contribution is 2.35. The second-order valence-corrected chi connectivity index (χ2v) is 10.2. The first kappa shape index (κ1) is 26.0. The lowest BCUT2D eigenvalue weighted by molar-refractivity contribution is 0.101. The Morgan fingerprint density at radius 2 is 1.43 bits per heavy atom. The average molecular weight is 540 g/mol. The maximum atomic E-state index is 12.9. The Kier molecular flexibility index (Phi) is 7.42. The van der Waals surface area contributed by atoms with Crippen molar-refractivity contribution in [1.29, 1.82) is 0 Å². The zero-order chi connectivity index (χ0) is 27.5. The van der Waals surface area contributed by atoms with Gasteiger partial charge in [0.1, 0.15) is 11.5 Å². The van der Waals surface area contributed by atoms with E-state index in [1.807, 2.05) is 42.5 Å². The molecule has 40 heavy (non-hydrogen) atoms. The number of rotatable bonds is 11. The highest BCUT2D eigenvalue weighted by molar-refractivity contribution is 5.94. The molecule has 2 aliphatic rings. The summed E-state index contributed by atoms with van der Waals surface area (Å²) in [4.78, 5) is 20.2. The fraction of sp³-hybridized carbons (Fsp3) is 0.312. The van der Waals surface area contributed by atoms with Gasteiger partial charge in [0.15, 0.2) is 28.8 Å². The van der Waals surface area contributed by atoms with Gasteiger partial charge in [-0.3, -0.25) is 9.69 Å². The number of carbonyl (C=O) groups excluding carboxylic acids is 1. The number of hydrogen-bond acceptors (Lipinski definition) is 7. The summed E-state index contributed by atoms with van der Waals surface area (Å²) in [5.74, 6) is 3.83. The molecule has 6 rings (SSSR count). The first-order valence-electron chi connectivity index (χ1n) is 13.7. The Bertz CT molecular complexity index is 1460. The van der Waals surface area contributed by atoms with E-state index in [4.69, 9.17) is 23.9 Å². The molecule has 0 bridgehead atoms. The van der Waals surface area contributed by atoms with Crippen molar-refractivity contribution in [3.8, 4) is 34.4 Å². The minimum absolute atomic E-state index is 0.0338.